The molecule has 0 saturated carbocycles. The van der Waals surface area contributed by atoms with Gasteiger partial charge in [0.15, 0.2) is 11.6 Å². The van der Waals surface area contributed by atoms with Crippen LogP contribution in [0.1, 0.15) is 6.92 Å². The van der Waals surface area contributed by atoms with E-state index in [2.05, 4.69) is 37.2 Å². The fourth-order valence-corrected chi connectivity index (χ4v) is 2.83. The molecule has 0 aliphatic rings. The van der Waals surface area contributed by atoms with Crippen molar-refractivity contribution in [2.24, 2.45) is 0 Å². The third-order valence-corrected chi connectivity index (χ3v) is 3.75. The second kappa shape index (κ2) is 6.45. The van der Waals surface area contributed by atoms with Gasteiger partial charge in [0.05, 0.1) is 23.7 Å². The van der Waals surface area contributed by atoms with E-state index < -0.39 is 5.82 Å². The summed E-state index contributed by atoms with van der Waals surface area (Å²) in [5.41, 5.74) is 7.57. The molecule has 6 heteroatoms. The van der Waals surface area contributed by atoms with Gasteiger partial charge in [-0.05, 0) is 41.1 Å². The van der Waals surface area contributed by atoms with Crippen LogP contribution in [0.5, 0.6) is 5.75 Å². The number of ether oxygens (including phenoxy) is 1. The van der Waals surface area contributed by atoms with Crippen molar-refractivity contribution in [3.63, 3.8) is 0 Å². The number of rotatable bonds is 4. The van der Waals surface area contributed by atoms with Gasteiger partial charge in [-0.25, -0.2) is 4.39 Å². The number of nitrogens with two attached hydrogens (primary N) is 1. The second-order valence-electron chi connectivity index (χ2n) is 4.05. The lowest BCUT2D eigenvalue weighted by atomic mass is 10.2. The van der Waals surface area contributed by atoms with E-state index in [0.29, 0.717) is 18.0 Å². The quantitative estimate of drug-likeness (QED) is 0.700. The van der Waals surface area contributed by atoms with Gasteiger partial charge >= 0.3 is 0 Å². The highest BCUT2D eigenvalue weighted by molar-refractivity contribution is 9.11. The fraction of sp³-hybridized carbons (Fsp3) is 0.143. The Morgan fingerprint density at radius 3 is 2.60 bits per heavy atom. The third kappa shape index (κ3) is 3.43. The van der Waals surface area contributed by atoms with Crippen LogP contribution < -0.4 is 15.8 Å². The zero-order valence-corrected chi connectivity index (χ0v) is 13.9. The van der Waals surface area contributed by atoms with E-state index in [0.717, 1.165) is 14.6 Å². The first-order valence-electron chi connectivity index (χ1n) is 5.95. The summed E-state index contributed by atoms with van der Waals surface area (Å²) in [5.74, 6) is -0.290. The van der Waals surface area contributed by atoms with E-state index in [-0.39, 0.29) is 5.75 Å². The molecule has 2 rings (SSSR count). The third-order valence-electron chi connectivity index (χ3n) is 2.60. The molecule has 3 N–H and O–H groups in total. The van der Waals surface area contributed by atoms with Crippen LogP contribution in [0.4, 0.5) is 21.5 Å². The zero-order valence-electron chi connectivity index (χ0n) is 10.7. The van der Waals surface area contributed by atoms with E-state index in [9.17, 15) is 4.39 Å². The van der Waals surface area contributed by atoms with Gasteiger partial charge in [-0.15, -0.1) is 0 Å². The van der Waals surface area contributed by atoms with Gasteiger partial charge in [-0.1, -0.05) is 15.9 Å². The average molecular weight is 404 g/mol. The van der Waals surface area contributed by atoms with Gasteiger partial charge in [-0.3, -0.25) is 0 Å². The van der Waals surface area contributed by atoms with Crippen LogP contribution in [0.2, 0.25) is 0 Å². The number of benzene rings is 2. The standard InChI is InChI=1S/C14H13Br2FN2O/c1-2-20-14-7-13(11(18)6-10(14)17)19-12-4-3-8(15)5-9(12)16/h3-7,19H,2,18H2,1H3. The Hall–Kier alpha value is -1.27. The van der Waals surface area contributed by atoms with Crippen molar-refractivity contribution >= 4 is 48.9 Å². The minimum atomic E-state index is -0.468. The van der Waals surface area contributed by atoms with Gasteiger partial charge in [0.2, 0.25) is 0 Å². The number of halogens is 3. The second-order valence-corrected chi connectivity index (χ2v) is 5.82. The summed E-state index contributed by atoms with van der Waals surface area (Å²) >= 11 is 6.84. The lowest BCUT2D eigenvalue weighted by molar-refractivity contribution is 0.322. The molecule has 0 amide bonds. The van der Waals surface area contributed by atoms with Crippen molar-refractivity contribution in [1.29, 1.82) is 0 Å². The molecule has 2 aromatic carbocycles. The van der Waals surface area contributed by atoms with E-state index >= 15 is 0 Å². The lowest BCUT2D eigenvalue weighted by Gasteiger charge is -2.14. The lowest BCUT2D eigenvalue weighted by Crippen LogP contribution is -2.01. The smallest absolute Gasteiger partial charge is 0.167 e. The summed E-state index contributed by atoms with van der Waals surface area (Å²) in [6.07, 6.45) is 0. The molecular formula is C14H13Br2FN2O. The molecule has 0 saturated heterocycles. The predicted octanol–water partition coefficient (Wildman–Crippen LogP) is 5.08. The van der Waals surface area contributed by atoms with Crippen LogP contribution in [0, 0.1) is 5.82 Å². The number of nitrogens with one attached hydrogen (secondary N) is 1. The topological polar surface area (TPSA) is 47.3 Å². The van der Waals surface area contributed by atoms with Gasteiger partial charge in [-0.2, -0.15) is 0 Å². The Balaban J connectivity index is 2.35. The van der Waals surface area contributed by atoms with Crippen molar-refractivity contribution in [3.05, 3.63) is 45.1 Å². The number of nitrogen functional groups attached to an aromatic ring is 1. The summed E-state index contributed by atoms with van der Waals surface area (Å²) in [7, 11) is 0. The molecule has 0 aromatic heterocycles. The van der Waals surface area contributed by atoms with Crippen molar-refractivity contribution in [3.8, 4) is 5.75 Å². The van der Waals surface area contributed by atoms with Gasteiger partial charge in [0.25, 0.3) is 0 Å². The minimum Gasteiger partial charge on any atom is -0.491 e. The Labute approximate surface area is 133 Å². The first-order valence-corrected chi connectivity index (χ1v) is 7.53. The van der Waals surface area contributed by atoms with Gasteiger partial charge < -0.3 is 15.8 Å². The van der Waals surface area contributed by atoms with Crippen LogP contribution in [0.15, 0.2) is 39.3 Å². The summed E-state index contributed by atoms with van der Waals surface area (Å²) in [6, 6.07) is 8.50. The molecule has 0 radical (unpaired) electrons. The predicted molar refractivity (Wildman–Crippen MR) is 87.1 cm³/mol. The van der Waals surface area contributed by atoms with E-state index in [1.54, 1.807) is 13.0 Å². The van der Waals surface area contributed by atoms with Crippen molar-refractivity contribution in [1.82, 2.24) is 0 Å². The molecule has 0 aliphatic heterocycles. The van der Waals surface area contributed by atoms with Crippen LogP contribution >= 0.6 is 31.9 Å². The maximum Gasteiger partial charge on any atom is 0.167 e. The number of anilines is 3. The summed E-state index contributed by atoms with van der Waals surface area (Å²) < 4.78 is 20.7. The molecule has 106 valence electrons. The summed E-state index contributed by atoms with van der Waals surface area (Å²) in [6.45, 7) is 2.19. The minimum absolute atomic E-state index is 0.178. The summed E-state index contributed by atoms with van der Waals surface area (Å²) in [4.78, 5) is 0. The molecule has 0 heterocycles. The first-order chi connectivity index (χ1) is 9.51. The molecule has 0 unspecified atom stereocenters. The van der Waals surface area contributed by atoms with Gasteiger partial charge in [0.1, 0.15) is 0 Å². The van der Waals surface area contributed by atoms with Crippen LogP contribution in [0.3, 0.4) is 0 Å². The van der Waals surface area contributed by atoms with Crippen molar-refractivity contribution in [2.45, 2.75) is 6.92 Å². The van der Waals surface area contributed by atoms with Crippen molar-refractivity contribution in [2.75, 3.05) is 17.7 Å². The average Bonchev–Trinajstić information content (AvgIpc) is 2.38. The monoisotopic (exact) mass is 402 g/mol. The SMILES string of the molecule is CCOc1cc(Nc2ccc(Br)cc2Br)c(N)cc1F. The molecule has 0 aliphatic carbocycles. The summed E-state index contributed by atoms with van der Waals surface area (Å²) in [5, 5.41) is 3.15. The molecule has 20 heavy (non-hydrogen) atoms. The number of hydrogen-bond acceptors (Lipinski definition) is 3. The molecule has 0 spiro atoms. The Morgan fingerprint density at radius 1 is 1.20 bits per heavy atom. The van der Waals surface area contributed by atoms with Crippen LogP contribution in [0.25, 0.3) is 0 Å². The molecular weight excluding hydrogens is 391 g/mol. The Kier molecular flexibility index (Phi) is 4.88. The highest BCUT2D eigenvalue weighted by atomic mass is 79.9. The molecule has 2 aromatic rings. The highest BCUT2D eigenvalue weighted by Gasteiger charge is 2.10. The Bertz CT molecular complexity index is 635. The maximum atomic E-state index is 13.6. The molecule has 3 nitrogen and oxygen atoms in total. The fourth-order valence-electron chi connectivity index (χ4n) is 1.68. The Morgan fingerprint density at radius 2 is 1.95 bits per heavy atom. The maximum absolute atomic E-state index is 13.6. The zero-order chi connectivity index (χ0) is 14.7. The van der Waals surface area contributed by atoms with Crippen LogP contribution in [-0.2, 0) is 0 Å². The van der Waals surface area contributed by atoms with Crippen LogP contribution in [-0.4, -0.2) is 6.61 Å². The highest BCUT2D eigenvalue weighted by Crippen LogP contribution is 2.34. The molecule has 0 bridgehead atoms. The molecule has 0 atom stereocenters. The van der Waals surface area contributed by atoms with E-state index in [1.807, 2.05) is 18.2 Å². The normalized spacial score (nSPS) is 10.4. The van der Waals surface area contributed by atoms with Gasteiger partial charge in [0, 0.05) is 21.1 Å². The largest absolute Gasteiger partial charge is 0.491 e. The van der Waals surface area contributed by atoms with E-state index in [4.69, 9.17) is 10.5 Å². The van der Waals surface area contributed by atoms with Crippen molar-refractivity contribution < 1.29 is 9.13 Å². The molecule has 0 fully saturated rings. The first kappa shape index (κ1) is 15.1. The van der Waals surface area contributed by atoms with E-state index in [1.165, 1.54) is 6.07 Å². The number of hydrogen-bond donors (Lipinski definition) is 2.